The summed E-state index contributed by atoms with van der Waals surface area (Å²) in [5.74, 6) is -0.273. The Hall–Kier alpha value is -1.11. The van der Waals surface area contributed by atoms with Crippen molar-refractivity contribution in [2.75, 3.05) is 5.73 Å². The molecule has 5 heteroatoms. The molecule has 0 unspecified atom stereocenters. The molecule has 2 N–H and O–H groups in total. The first-order valence-electron chi connectivity index (χ1n) is 5.75. The first-order chi connectivity index (χ1) is 8.45. The van der Waals surface area contributed by atoms with Crippen LogP contribution in [0.4, 0.5) is 10.1 Å². The van der Waals surface area contributed by atoms with Crippen molar-refractivity contribution in [3.63, 3.8) is 0 Å². The molecule has 0 radical (unpaired) electrons. The number of nitrogen functional groups attached to an aromatic ring is 1. The molecule has 0 amide bonds. The van der Waals surface area contributed by atoms with Gasteiger partial charge in [0.2, 0.25) is 0 Å². The highest BCUT2D eigenvalue weighted by Gasteiger charge is 2.14. The minimum atomic E-state index is -0.273. The molecule has 3 nitrogen and oxygen atoms in total. The van der Waals surface area contributed by atoms with Crippen LogP contribution >= 0.6 is 22.6 Å². The summed E-state index contributed by atoms with van der Waals surface area (Å²) in [6.45, 7) is 6.02. The molecule has 0 bridgehead atoms. The van der Waals surface area contributed by atoms with Crippen molar-refractivity contribution in [1.29, 1.82) is 0 Å². The van der Waals surface area contributed by atoms with Gasteiger partial charge in [0.15, 0.2) is 0 Å². The second-order valence-corrected chi connectivity index (χ2v) is 5.40. The molecule has 18 heavy (non-hydrogen) atoms. The highest BCUT2D eigenvalue weighted by atomic mass is 127. The third-order valence-electron chi connectivity index (χ3n) is 3.09. The van der Waals surface area contributed by atoms with Gasteiger partial charge in [-0.3, -0.25) is 0 Å². The van der Waals surface area contributed by atoms with Gasteiger partial charge in [-0.2, -0.15) is 5.10 Å². The van der Waals surface area contributed by atoms with E-state index in [0.29, 0.717) is 14.9 Å². The average Bonchev–Trinajstić information content (AvgIpc) is 2.59. The molecule has 0 aliphatic rings. The molecule has 0 fully saturated rings. The second kappa shape index (κ2) is 4.87. The van der Waals surface area contributed by atoms with Gasteiger partial charge in [-0.25, -0.2) is 9.07 Å². The molecule has 0 aliphatic carbocycles. The monoisotopic (exact) mass is 359 g/mol. The molecule has 96 valence electrons. The van der Waals surface area contributed by atoms with Crippen LogP contribution in [0.5, 0.6) is 0 Å². The summed E-state index contributed by atoms with van der Waals surface area (Å²) in [6.07, 6.45) is 0.907. The molecule has 0 saturated carbocycles. The van der Waals surface area contributed by atoms with E-state index >= 15 is 0 Å². The summed E-state index contributed by atoms with van der Waals surface area (Å²) in [6, 6.07) is 3.07. The molecular formula is C13H15FIN3. The van der Waals surface area contributed by atoms with Crippen molar-refractivity contribution in [1.82, 2.24) is 9.78 Å². The Balaban J connectivity index is 2.66. The molecule has 0 aliphatic heterocycles. The van der Waals surface area contributed by atoms with Crippen molar-refractivity contribution >= 4 is 28.3 Å². The van der Waals surface area contributed by atoms with Crippen LogP contribution in [-0.2, 0) is 6.42 Å². The van der Waals surface area contributed by atoms with Gasteiger partial charge in [-0.15, -0.1) is 0 Å². The Bertz CT molecular complexity index is 605. The van der Waals surface area contributed by atoms with Gasteiger partial charge >= 0.3 is 0 Å². The molecule has 0 spiro atoms. The predicted molar refractivity (Wildman–Crippen MR) is 79.5 cm³/mol. The number of nitrogens with two attached hydrogens (primary N) is 1. The Morgan fingerprint density at radius 1 is 1.39 bits per heavy atom. The van der Waals surface area contributed by atoms with E-state index in [4.69, 9.17) is 5.73 Å². The van der Waals surface area contributed by atoms with Crippen molar-refractivity contribution in [2.24, 2.45) is 0 Å². The zero-order valence-corrected chi connectivity index (χ0v) is 12.7. The van der Waals surface area contributed by atoms with Gasteiger partial charge in [0.25, 0.3) is 0 Å². The van der Waals surface area contributed by atoms with E-state index < -0.39 is 0 Å². The van der Waals surface area contributed by atoms with E-state index in [9.17, 15) is 4.39 Å². The second-order valence-electron chi connectivity index (χ2n) is 4.24. The fourth-order valence-corrected chi connectivity index (χ4v) is 2.65. The highest BCUT2D eigenvalue weighted by Crippen LogP contribution is 2.26. The lowest BCUT2D eigenvalue weighted by Gasteiger charge is -2.09. The molecule has 2 aromatic rings. The number of aromatic nitrogens is 2. The number of anilines is 1. The van der Waals surface area contributed by atoms with Crippen LogP contribution < -0.4 is 5.73 Å². The molecular weight excluding hydrogens is 344 g/mol. The van der Waals surface area contributed by atoms with Gasteiger partial charge in [-0.1, -0.05) is 6.92 Å². The van der Waals surface area contributed by atoms with Gasteiger partial charge < -0.3 is 5.73 Å². The van der Waals surface area contributed by atoms with Crippen LogP contribution in [0.25, 0.3) is 5.69 Å². The third kappa shape index (κ3) is 2.11. The normalized spacial score (nSPS) is 10.9. The van der Waals surface area contributed by atoms with Crippen LogP contribution in [0.1, 0.15) is 23.9 Å². The first-order valence-corrected chi connectivity index (χ1v) is 6.83. The largest absolute Gasteiger partial charge is 0.397 e. The summed E-state index contributed by atoms with van der Waals surface area (Å²) in [7, 11) is 0. The number of benzene rings is 1. The lowest BCUT2D eigenvalue weighted by atomic mass is 10.1. The zero-order valence-electron chi connectivity index (χ0n) is 10.6. The molecule has 0 saturated heterocycles. The number of nitrogens with zero attached hydrogens (tertiary/aromatic N) is 2. The third-order valence-corrected chi connectivity index (χ3v) is 3.92. The molecule has 1 aromatic heterocycles. The quantitative estimate of drug-likeness (QED) is 0.660. The average molecular weight is 359 g/mol. The lowest BCUT2D eigenvalue weighted by molar-refractivity contribution is 0.618. The summed E-state index contributed by atoms with van der Waals surface area (Å²) in [5.41, 5.74) is 10.3. The minimum Gasteiger partial charge on any atom is -0.397 e. The van der Waals surface area contributed by atoms with Crippen LogP contribution in [-0.4, -0.2) is 9.78 Å². The van der Waals surface area contributed by atoms with Crippen LogP contribution in [0, 0.1) is 23.2 Å². The maximum Gasteiger partial charge on any atom is 0.138 e. The first kappa shape index (κ1) is 13.3. The van der Waals surface area contributed by atoms with E-state index in [1.54, 1.807) is 10.7 Å². The number of rotatable bonds is 2. The Morgan fingerprint density at radius 2 is 2.06 bits per heavy atom. The maximum atomic E-state index is 13.7. The van der Waals surface area contributed by atoms with E-state index in [2.05, 4.69) is 12.0 Å². The summed E-state index contributed by atoms with van der Waals surface area (Å²) < 4.78 is 15.9. The molecule has 0 atom stereocenters. The molecule has 1 aromatic carbocycles. The van der Waals surface area contributed by atoms with Crippen molar-refractivity contribution in [3.05, 3.63) is 38.5 Å². The Labute approximate surface area is 119 Å². The van der Waals surface area contributed by atoms with Crippen LogP contribution in [0.15, 0.2) is 12.1 Å². The molecule has 1 heterocycles. The number of hydrogen-bond acceptors (Lipinski definition) is 2. The number of aryl methyl sites for hydroxylation is 1. The lowest BCUT2D eigenvalue weighted by Crippen LogP contribution is -2.05. The topological polar surface area (TPSA) is 43.8 Å². The van der Waals surface area contributed by atoms with Crippen molar-refractivity contribution in [2.45, 2.75) is 27.2 Å². The van der Waals surface area contributed by atoms with Gasteiger partial charge in [0.1, 0.15) is 5.82 Å². The van der Waals surface area contributed by atoms with Crippen molar-refractivity contribution in [3.8, 4) is 5.69 Å². The van der Waals surface area contributed by atoms with E-state index in [0.717, 1.165) is 17.8 Å². The Kier molecular flexibility index (Phi) is 3.61. The van der Waals surface area contributed by atoms with E-state index in [1.807, 2.05) is 36.4 Å². The number of hydrogen-bond donors (Lipinski definition) is 1. The smallest absolute Gasteiger partial charge is 0.138 e. The summed E-state index contributed by atoms with van der Waals surface area (Å²) in [5, 5.41) is 4.45. The number of halogens is 2. The van der Waals surface area contributed by atoms with Crippen molar-refractivity contribution < 1.29 is 4.39 Å². The zero-order chi connectivity index (χ0) is 13.4. The minimum absolute atomic E-state index is 0.273. The Morgan fingerprint density at radius 3 is 2.61 bits per heavy atom. The van der Waals surface area contributed by atoms with E-state index in [1.165, 1.54) is 11.6 Å². The van der Waals surface area contributed by atoms with Crippen LogP contribution in [0.2, 0.25) is 0 Å². The maximum absolute atomic E-state index is 13.7. The fraction of sp³-hybridized carbons (Fsp3) is 0.308. The van der Waals surface area contributed by atoms with Gasteiger partial charge in [0.05, 0.1) is 20.6 Å². The fourth-order valence-electron chi connectivity index (χ4n) is 2.16. The standard InChI is InChI=1S/C13H15FIN3/c1-4-9-7(2)17-18(8(9)3)13-5-10(14)11(15)6-12(13)16/h5-6H,4,16H2,1-3H3. The SMILES string of the molecule is CCc1c(C)nn(-c2cc(F)c(I)cc2N)c1C. The van der Waals surface area contributed by atoms with Gasteiger partial charge in [-0.05, 0) is 54.5 Å². The predicted octanol–water partition coefficient (Wildman–Crippen LogP) is 3.38. The summed E-state index contributed by atoms with van der Waals surface area (Å²) in [4.78, 5) is 0. The van der Waals surface area contributed by atoms with Gasteiger partial charge in [0, 0.05) is 11.8 Å². The summed E-state index contributed by atoms with van der Waals surface area (Å²) >= 11 is 1.93. The van der Waals surface area contributed by atoms with E-state index in [-0.39, 0.29) is 5.82 Å². The van der Waals surface area contributed by atoms with Crippen LogP contribution in [0.3, 0.4) is 0 Å². The highest BCUT2D eigenvalue weighted by molar-refractivity contribution is 14.1. The molecule has 2 rings (SSSR count).